The lowest BCUT2D eigenvalue weighted by Crippen LogP contribution is -2.48. The minimum Gasteiger partial charge on any atom is -0.478 e. The first-order chi connectivity index (χ1) is 16.8. The molecule has 4 aliphatic rings. The van der Waals surface area contributed by atoms with E-state index in [2.05, 4.69) is 31.2 Å². The number of benzene rings is 2. The van der Waals surface area contributed by atoms with Crippen molar-refractivity contribution in [1.29, 1.82) is 0 Å². The Kier molecular flexibility index (Phi) is 7.11. The number of methoxy groups -OCH3 is 1. The van der Waals surface area contributed by atoms with Crippen molar-refractivity contribution < 1.29 is 19.4 Å². The topological polar surface area (TPSA) is 55.8 Å². The van der Waals surface area contributed by atoms with Crippen LogP contribution in [0.25, 0.3) is 11.6 Å². The van der Waals surface area contributed by atoms with Crippen LogP contribution in [0.1, 0.15) is 79.4 Å². The molecule has 0 aromatic heterocycles. The molecule has 0 saturated heterocycles. The molecule has 4 bridgehead atoms. The fraction of sp³-hybridized carbons (Fsp3) is 0.500. The molecule has 4 aliphatic carbocycles. The van der Waals surface area contributed by atoms with Gasteiger partial charge in [0.1, 0.15) is 0 Å². The maximum Gasteiger partial charge on any atom is 0.335 e. The molecule has 35 heavy (non-hydrogen) atoms. The van der Waals surface area contributed by atoms with Crippen molar-refractivity contribution in [2.75, 3.05) is 13.0 Å². The minimum atomic E-state index is -0.894. The molecule has 5 heteroatoms. The number of hydrogen-bond donors (Lipinski definition) is 1. The van der Waals surface area contributed by atoms with Crippen LogP contribution in [0.2, 0.25) is 0 Å². The first-order valence-corrected chi connectivity index (χ1v) is 13.8. The fourth-order valence-corrected chi connectivity index (χ4v) is 8.05. The van der Waals surface area contributed by atoms with Crippen LogP contribution in [-0.4, -0.2) is 30.4 Å². The summed E-state index contributed by atoms with van der Waals surface area (Å²) in [5.74, 6) is 2.35. The Bertz CT molecular complexity index is 1070. The van der Waals surface area contributed by atoms with Crippen LogP contribution in [0.5, 0.6) is 0 Å². The van der Waals surface area contributed by atoms with E-state index in [4.69, 9.17) is 9.47 Å². The van der Waals surface area contributed by atoms with Gasteiger partial charge in [-0.25, -0.2) is 4.79 Å². The van der Waals surface area contributed by atoms with Gasteiger partial charge in [0.05, 0.1) is 11.5 Å². The Morgan fingerprint density at radius 2 is 1.66 bits per heavy atom. The third-order valence-electron chi connectivity index (χ3n) is 8.43. The van der Waals surface area contributed by atoms with Crippen LogP contribution in [0, 0.1) is 17.8 Å². The highest BCUT2D eigenvalue weighted by molar-refractivity contribution is 7.99. The molecule has 4 nitrogen and oxygen atoms in total. The van der Waals surface area contributed by atoms with E-state index < -0.39 is 5.97 Å². The largest absolute Gasteiger partial charge is 0.478 e. The van der Waals surface area contributed by atoms with Gasteiger partial charge in [0, 0.05) is 12.0 Å². The van der Waals surface area contributed by atoms with Crippen LogP contribution >= 0.6 is 11.8 Å². The van der Waals surface area contributed by atoms with Crippen molar-refractivity contribution in [2.45, 2.75) is 69.0 Å². The summed E-state index contributed by atoms with van der Waals surface area (Å²) < 4.78 is 11.1. The summed E-state index contributed by atoms with van der Waals surface area (Å²) in [7, 11) is 1.68. The van der Waals surface area contributed by atoms with Gasteiger partial charge < -0.3 is 14.6 Å². The number of thioether (sulfide) groups is 1. The Morgan fingerprint density at radius 1 is 1.06 bits per heavy atom. The van der Waals surface area contributed by atoms with Gasteiger partial charge in [-0.2, -0.15) is 0 Å². The predicted molar refractivity (Wildman–Crippen MR) is 142 cm³/mol. The van der Waals surface area contributed by atoms with Crippen LogP contribution < -0.4 is 0 Å². The molecule has 186 valence electrons. The lowest BCUT2D eigenvalue weighted by Gasteiger charge is -2.57. The molecule has 0 heterocycles. The van der Waals surface area contributed by atoms with Crippen molar-refractivity contribution in [3.8, 4) is 0 Å². The third kappa shape index (κ3) is 5.23. The highest BCUT2D eigenvalue weighted by Gasteiger charge is 2.52. The lowest BCUT2D eigenvalue weighted by atomic mass is 9.48. The molecule has 4 fully saturated rings. The maximum atomic E-state index is 11.2. The summed E-state index contributed by atoms with van der Waals surface area (Å²) in [5.41, 5.74) is 5.58. The second-order valence-corrected chi connectivity index (χ2v) is 11.9. The van der Waals surface area contributed by atoms with Crippen molar-refractivity contribution >= 4 is 29.4 Å². The summed E-state index contributed by atoms with van der Waals surface area (Å²) in [6, 6.07) is 14.1. The molecule has 2 aromatic rings. The minimum absolute atomic E-state index is 0.206. The van der Waals surface area contributed by atoms with Crippen molar-refractivity contribution in [1.82, 2.24) is 0 Å². The predicted octanol–water partition coefficient (Wildman–Crippen LogP) is 7.47. The van der Waals surface area contributed by atoms with E-state index >= 15 is 0 Å². The Balaban J connectivity index is 1.46. The molecule has 6 rings (SSSR count). The van der Waals surface area contributed by atoms with Crippen LogP contribution in [0.4, 0.5) is 0 Å². The molecule has 0 spiro atoms. The highest BCUT2D eigenvalue weighted by Crippen LogP contribution is 2.61. The van der Waals surface area contributed by atoms with Crippen molar-refractivity contribution in [3.05, 3.63) is 64.7 Å². The van der Waals surface area contributed by atoms with E-state index in [1.807, 2.05) is 19.1 Å². The zero-order chi connectivity index (χ0) is 24.6. The number of rotatable bonds is 9. The molecule has 0 amide bonds. The number of carboxylic acids is 1. The quantitative estimate of drug-likeness (QED) is 0.223. The number of ether oxygens (including phenoxy) is 2. The van der Waals surface area contributed by atoms with E-state index in [0.29, 0.717) is 16.9 Å². The van der Waals surface area contributed by atoms with Crippen LogP contribution in [0.15, 0.2) is 47.4 Å². The average Bonchev–Trinajstić information content (AvgIpc) is 2.83. The Hall–Kier alpha value is -2.08. The van der Waals surface area contributed by atoms with E-state index in [1.54, 1.807) is 31.0 Å². The second kappa shape index (κ2) is 10.1. The normalized spacial score (nSPS) is 28.3. The first-order valence-electron chi connectivity index (χ1n) is 12.8. The number of carbonyl (C=O) groups is 1. The average molecular weight is 493 g/mol. The maximum absolute atomic E-state index is 11.2. The summed E-state index contributed by atoms with van der Waals surface area (Å²) in [6.07, 6.45) is 10.2. The van der Waals surface area contributed by atoms with E-state index in [0.717, 1.165) is 23.3 Å². The Morgan fingerprint density at radius 3 is 2.23 bits per heavy atom. The molecular formula is C30H36O4S. The summed E-state index contributed by atoms with van der Waals surface area (Å²) in [4.78, 5) is 12.5. The highest BCUT2D eigenvalue weighted by atomic mass is 32.2. The van der Waals surface area contributed by atoms with E-state index in [-0.39, 0.29) is 6.29 Å². The Labute approximate surface area is 213 Å². The SMILES string of the molecule is COC(C)OCSc1ccc(/C(C)=C/c2ccc(C(=O)O)cc2)cc1C12CC3CC(CC(C3)C1)C2. The van der Waals surface area contributed by atoms with Crippen LogP contribution in [0.3, 0.4) is 0 Å². The third-order valence-corrected chi connectivity index (χ3v) is 9.36. The summed E-state index contributed by atoms with van der Waals surface area (Å²) >= 11 is 1.79. The van der Waals surface area contributed by atoms with E-state index in [9.17, 15) is 9.90 Å². The molecule has 1 N–H and O–H groups in total. The molecular weight excluding hydrogens is 456 g/mol. The molecule has 2 aromatic carbocycles. The number of carboxylic acid groups (broad SMARTS) is 1. The van der Waals surface area contributed by atoms with Gasteiger partial charge >= 0.3 is 5.97 Å². The van der Waals surface area contributed by atoms with Gasteiger partial charge in [0.15, 0.2) is 6.29 Å². The molecule has 1 atom stereocenters. The summed E-state index contributed by atoms with van der Waals surface area (Å²) in [6.45, 7) is 4.08. The number of hydrogen-bond acceptors (Lipinski definition) is 4. The van der Waals surface area contributed by atoms with Crippen LogP contribution in [-0.2, 0) is 14.9 Å². The lowest BCUT2D eigenvalue weighted by molar-refractivity contribution is -0.0937. The molecule has 0 aliphatic heterocycles. The van der Waals surface area contributed by atoms with Gasteiger partial charge in [-0.15, -0.1) is 0 Å². The monoisotopic (exact) mass is 492 g/mol. The van der Waals surface area contributed by atoms with Gasteiger partial charge in [-0.05, 0) is 122 Å². The fourth-order valence-electron chi connectivity index (χ4n) is 7.07. The first kappa shape index (κ1) is 24.6. The second-order valence-electron chi connectivity index (χ2n) is 10.9. The van der Waals surface area contributed by atoms with Gasteiger partial charge in [-0.1, -0.05) is 36.0 Å². The van der Waals surface area contributed by atoms with Crippen molar-refractivity contribution in [3.63, 3.8) is 0 Å². The van der Waals surface area contributed by atoms with Gasteiger partial charge in [-0.3, -0.25) is 0 Å². The zero-order valence-electron chi connectivity index (χ0n) is 21.0. The van der Waals surface area contributed by atoms with Gasteiger partial charge in [0.2, 0.25) is 0 Å². The standard InChI is InChI=1S/C30H36O4S/c1-19(10-21-4-6-25(7-5-21)29(31)32)26-8-9-28(35-18-34-20(2)33-3)27(14-26)30-15-22-11-23(16-30)13-24(12-22)17-30/h4-10,14,20,22-24H,11-13,15-18H2,1-3H3,(H,31,32)/b19-10+. The number of allylic oxidation sites excluding steroid dienone is 1. The van der Waals surface area contributed by atoms with Gasteiger partial charge in [0.25, 0.3) is 0 Å². The number of aromatic carboxylic acids is 1. The zero-order valence-corrected chi connectivity index (χ0v) is 21.8. The summed E-state index contributed by atoms with van der Waals surface area (Å²) in [5, 5.41) is 9.18. The van der Waals surface area contributed by atoms with E-state index in [1.165, 1.54) is 60.1 Å². The smallest absolute Gasteiger partial charge is 0.335 e. The molecule has 4 saturated carbocycles. The van der Waals surface area contributed by atoms with Crippen molar-refractivity contribution in [2.24, 2.45) is 17.8 Å². The molecule has 1 unspecified atom stereocenters. The molecule has 0 radical (unpaired) electrons.